The lowest BCUT2D eigenvalue weighted by atomic mass is 10.1. The minimum absolute atomic E-state index is 0.000661. The van der Waals surface area contributed by atoms with Gasteiger partial charge in [0.1, 0.15) is 11.5 Å². The van der Waals surface area contributed by atoms with Gasteiger partial charge < -0.3 is 4.42 Å². The zero-order valence-corrected chi connectivity index (χ0v) is 18.1. The van der Waals surface area contributed by atoms with E-state index in [4.69, 9.17) is 9.56 Å². The Labute approximate surface area is 180 Å². The van der Waals surface area contributed by atoms with Crippen molar-refractivity contribution in [1.82, 2.24) is 0 Å². The van der Waals surface area contributed by atoms with Crippen molar-refractivity contribution in [3.05, 3.63) is 77.1 Å². The first-order chi connectivity index (χ1) is 14.6. The van der Waals surface area contributed by atoms with Crippen molar-refractivity contribution in [2.75, 3.05) is 5.01 Å². The maximum absolute atomic E-state index is 13.0. The number of primary sulfonamides is 1. The second-order valence-corrected chi connectivity index (χ2v) is 8.97. The van der Waals surface area contributed by atoms with Gasteiger partial charge in [-0.3, -0.25) is 4.79 Å². The van der Waals surface area contributed by atoms with Crippen LogP contribution in [-0.2, 0) is 14.8 Å². The molecule has 0 unspecified atom stereocenters. The highest BCUT2D eigenvalue weighted by Crippen LogP contribution is 2.29. The summed E-state index contributed by atoms with van der Waals surface area (Å²) in [5.41, 5.74) is 4.50. The summed E-state index contributed by atoms with van der Waals surface area (Å²) in [6.07, 6.45) is 1.63. The van der Waals surface area contributed by atoms with E-state index >= 15 is 0 Å². The number of aryl methyl sites for hydroxylation is 2. The fraction of sp³-hybridized carbons (Fsp3) is 0.130. The normalized spacial score (nSPS) is 15.6. The molecule has 1 aliphatic rings. The van der Waals surface area contributed by atoms with Gasteiger partial charge in [0, 0.05) is 5.56 Å². The molecule has 2 N–H and O–H groups in total. The first-order valence-corrected chi connectivity index (χ1v) is 11.1. The molecule has 0 aliphatic carbocycles. The van der Waals surface area contributed by atoms with Gasteiger partial charge in [0.05, 0.1) is 21.9 Å². The van der Waals surface area contributed by atoms with E-state index in [2.05, 4.69) is 5.10 Å². The molecule has 0 atom stereocenters. The third-order valence-corrected chi connectivity index (χ3v) is 6.07. The lowest BCUT2D eigenvalue weighted by molar-refractivity contribution is -0.114. The number of benzene rings is 2. The quantitative estimate of drug-likeness (QED) is 0.625. The molecule has 0 saturated carbocycles. The van der Waals surface area contributed by atoms with Crippen LogP contribution in [0.2, 0.25) is 0 Å². The molecular weight excluding hydrogens is 414 g/mol. The summed E-state index contributed by atoms with van der Waals surface area (Å²) in [6, 6.07) is 15.3. The van der Waals surface area contributed by atoms with Gasteiger partial charge >= 0.3 is 0 Å². The average molecular weight is 436 g/mol. The highest BCUT2D eigenvalue weighted by molar-refractivity contribution is 7.89. The maximum Gasteiger partial charge on any atom is 0.280 e. The topological polar surface area (TPSA) is 106 Å². The molecule has 1 aromatic heterocycles. The van der Waals surface area contributed by atoms with Gasteiger partial charge in [0.2, 0.25) is 10.0 Å². The molecule has 4 rings (SSSR count). The van der Waals surface area contributed by atoms with Crippen molar-refractivity contribution in [1.29, 1.82) is 0 Å². The van der Waals surface area contributed by atoms with Crippen LogP contribution in [0.5, 0.6) is 0 Å². The third-order valence-electron chi connectivity index (χ3n) is 5.16. The second-order valence-electron chi connectivity index (χ2n) is 7.40. The number of amides is 1. The molecular formula is C23H21N3O4S. The Balaban J connectivity index is 1.63. The summed E-state index contributed by atoms with van der Waals surface area (Å²) in [5, 5.41) is 11.0. The Bertz CT molecular complexity index is 1370. The number of nitrogens with zero attached hydrogens (tertiary/aromatic N) is 2. The molecule has 158 valence electrons. The molecule has 8 heteroatoms. The number of carbonyl (C=O) groups excluding carboxylic acids is 1. The van der Waals surface area contributed by atoms with Gasteiger partial charge in [-0.15, -0.1) is 0 Å². The summed E-state index contributed by atoms with van der Waals surface area (Å²) in [5.74, 6) is 0.675. The summed E-state index contributed by atoms with van der Waals surface area (Å²) < 4.78 is 29.0. The molecule has 0 fully saturated rings. The fourth-order valence-corrected chi connectivity index (χ4v) is 3.83. The largest absolute Gasteiger partial charge is 0.457 e. The number of furan rings is 1. The van der Waals surface area contributed by atoms with E-state index in [1.165, 1.54) is 17.1 Å². The van der Waals surface area contributed by atoms with Gasteiger partial charge in [-0.1, -0.05) is 18.2 Å². The molecule has 0 spiro atoms. The van der Waals surface area contributed by atoms with Crippen molar-refractivity contribution in [3.8, 4) is 11.3 Å². The summed E-state index contributed by atoms with van der Waals surface area (Å²) in [7, 11) is -3.82. The number of hydrogen-bond acceptors (Lipinski definition) is 5. The first-order valence-electron chi connectivity index (χ1n) is 9.55. The molecule has 3 aromatic rings. The molecule has 2 aromatic carbocycles. The Morgan fingerprint density at radius 2 is 1.77 bits per heavy atom. The molecule has 0 radical (unpaired) electrons. The molecule has 7 nitrogen and oxygen atoms in total. The number of nitrogens with two attached hydrogens (primary N) is 1. The zero-order valence-electron chi connectivity index (χ0n) is 17.3. The SMILES string of the molecule is CC1=NN(c2ccc(C)c(C)c2)C(=O)/C1=C\c1ccc(-c2cccc(S(N)(=O)=O)c2)o1. The average Bonchev–Trinajstić information content (AvgIpc) is 3.30. The summed E-state index contributed by atoms with van der Waals surface area (Å²) >= 11 is 0. The third kappa shape index (κ3) is 4.08. The highest BCUT2D eigenvalue weighted by Gasteiger charge is 2.29. The van der Waals surface area contributed by atoms with E-state index in [-0.39, 0.29) is 10.8 Å². The van der Waals surface area contributed by atoms with E-state index < -0.39 is 10.0 Å². The number of carbonyl (C=O) groups is 1. The van der Waals surface area contributed by atoms with Crippen LogP contribution in [0, 0.1) is 13.8 Å². The lowest BCUT2D eigenvalue weighted by Crippen LogP contribution is -2.21. The molecule has 1 amide bonds. The van der Waals surface area contributed by atoms with Crippen LogP contribution >= 0.6 is 0 Å². The maximum atomic E-state index is 13.0. The van der Waals surface area contributed by atoms with Crippen LogP contribution in [0.3, 0.4) is 0 Å². The molecule has 1 aliphatic heterocycles. The molecule has 31 heavy (non-hydrogen) atoms. The van der Waals surface area contributed by atoms with Gasteiger partial charge in [-0.25, -0.2) is 13.6 Å². The van der Waals surface area contributed by atoms with Crippen LogP contribution in [0.4, 0.5) is 5.69 Å². The second kappa shape index (κ2) is 7.64. The predicted octanol–water partition coefficient (Wildman–Crippen LogP) is 4.02. The van der Waals surface area contributed by atoms with Crippen molar-refractivity contribution in [2.24, 2.45) is 10.2 Å². The number of sulfonamides is 1. The summed E-state index contributed by atoms with van der Waals surface area (Å²) in [6.45, 7) is 5.77. The van der Waals surface area contributed by atoms with E-state index in [9.17, 15) is 13.2 Å². The van der Waals surface area contributed by atoms with Gasteiger partial charge in [-0.2, -0.15) is 10.1 Å². The van der Waals surface area contributed by atoms with Crippen LogP contribution in [-0.4, -0.2) is 20.0 Å². The minimum atomic E-state index is -3.82. The first kappa shape index (κ1) is 20.8. The number of hydrogen-bond donors (Lipinski definition) is 1. The monoisotopic (exact) mass is 435 g/mol. The van der Waals surface area contributed by atoms with E-state index in [1.54, 1.807) is 37.3 Å². The van der Waals surface area contributed by atoms with Crippen LogP contribution < -0.4 is 10.1 Å². The Kier molecular flexibility index (Phi) is 5.12. The number of hydrazone groups is 1. The van der Waals surface area contributed by atoms with Gasteiger partial charge in [-0.05, 0) is 74.4 Å². The molecule has 0 bridgehead atoms. The van der Waals surface area contributed by atoms with E-state index in [0.29, 0.717) is 34.1 Å². The van der Waals surface area contributed by atoms with Crippen molar-refractivity contribution in [2.45, 2.75) is 25.7 Å². The lowest BCUT2D eigenvalue weighted by Gasteiger charge is -2.13. The van der Waals surface area contributed by atoms with Crippen molar-refractivity contribution in [3.63, 3.8) is 0 Å². The standard InChI is InChI=1S/C23H21N3O4S/c1-14-7-8-18(11-15(14)2)26-23(27)21(16(3)25-26)13-19-9-10-22(30-19)17-5-4-6-20(12-17)31(24,28)29/h4-13H,1-3H3,(H2,24,28,29)/b21-13-. The minimum Gasteiger partial charge on any atom is -0.457 e. The number of rotatable bonds is 4. The van der Waals surface area contributed by atoms with Crippen LogP contribution in [0.25, 0.3) is 17.4 Å². The smallest absolute Gasteiger partial charge is 0.280 e. The molecule has 0 saturated heterocycles. The fourth-order valence-electron chi connectivity index (χ4n) is 3.27. The number of anilines is 1. The zero-order chi connectivity index (χ0) is 22.3. The Morgan fingerprint density at radius 3 is 2.48 bits per heavy atom. The van der Waals surface area contributed by atoms with Gasteiger partial charge in [0.25, 0.3) is 5.91 Å². The predicted molar refractivity (Wildman–Crippen MR) is 120 cm³/mol. The Hall–Kier alpha value is -3.49. The van der Waals surface area contributed by atoms with Crippen LogP contribution in [0.1, 0.15) is 23.8 Å². The van der Waals surface area contributed by atoms with Gasteiger partial charge in [0.15, 0.2) is 0 Å². The van der Waals surface area contributed by atoms with Crippen molar-refractivity contribution < 1.29 is 17.6 Å². The highest BCUT2D eigenvalue weighted by atomic mass is 32.2. The molecule has 2 heterocycles. The van der Waals surface area contributed by atoms with E-state index in [0.717, 1.165) is 11.1 Å². The van der Waals surface area contributed by atoms with E-state index in [1.807, 2.05) is 32.0 Å². The summed E-state index contributed by atoms with van der Waals surface area (Å²) in [4.78, 5) is 13.0. The Morgan fingerprint density at radius 1 is 1.00 bits per heavy atom. The van der Waals surface area contributed by atoms with Crippen LogP contribution in [0.15, 0.2) is 74.6 Å². The van der Waals surface area contributed by atoms with Crippen molar-refractivity contribution >= 4 is 33.4 Å².